The van der Waals surface area contributed by atoms with Crippen molar-refractivity contribution in [3.63, 3.8) is 0 Å². The molecule has 0 bridgehead atoms. The van der Waals surface area contributed by atoms with Gasteiger partial charge in [0.15, 0.2) is 0 Å². The zero-order valence-corrected chi connectivity index (χ0v) is 12.1. The van der Waals surface area contributed by atoms with Gasteiger partial charge in [-0.3, -0.25) is 4.79 Å². The Labute approximate surface area is 120 Å². The van der Waals surface area contributed by atoms with E-state index in [0.717, 1.165) is 15.6 Å². The van der Waals surface area contributed by atoms with E-state index in [0.29, 0.717) is 12.1 Å². The monoisotopic (exact) mass is 319 g/mol. The van der Waals surface area contributed by atoms with E-state index in [9.17, 15) is 9.90 Å². The first-order chi connectivity index (χ1) is 9.04. The fraction of sp³-hybridized carbons (Fsp3) is 0.133. The zero-order valence-electron chi connectivity index (χ0n) is 10.5. The molecule has 0 unspecified atom stereocenters. The third-order valence-corrected chi connectivity index (χ3v) is 3.30. The number of hydrogen-bond donors (Lipinski definition) is 2. The topological polar surface area (TPSA) is 49.3 Å². The van der Waals surface area contributed by atoms with Gasteiger partial charge in [0.25, 0.3) is 0 Å². The highest BCUT2D eigenvalue weighted by molar-refractivity contribution is 9.10. The van der Waals surface area contributed by atoms with Crippen molar-refractivity contribution in [3.8, 4) is 5.75 Å². The SMILES string of the molecule is Cc1ccc(NC(=O)Cc2ccc(Br)cc2)cc1O. The molecule has 19 heavy (non-hydrogen) atoms. The van der Waals surface area contributed by atoms with Crippen molar-refractivity contribution in [2.75, 3.05) is 5.32 Å². The predicted octanol–water partition coefficient (Wildman–Crippen LogP) is 3.64. The second-order valence-corrected chi connectivity index (χ2v) is 5.27. The Morgan fingerprint density at radius 3 is 2.53 bits per heavy atom. The van der Waals surface area contributed by atoms with Gasteiger partial charge < -0.3 is 10.4 Å². The molecule has 4 heteroatoms. The van der Waals surface area contributed by atoms with Crippen molar-refractivity contribution in [1.82, 2.24) is 0 Å². The summed E-state index contributed by atoms with van der Waals surface area (Å²) in [5.74, 6) is 0.0759. The minimum absolute atomic E-state index is 0.106. The largest absolute Gasteiger partial charge is 0.508 e. The van der Waals surface area contributed by atoms with Gasteiger partial charge in [-0.2, -0.15) is 0 Å². The smallest absolute Gasteiger partial charge is 0.228 e. The quantitative estimate of drug-likeness (QED) is 0.907. The Hall–Kier alpha value is -1.81. The molecule has 0 saturated heterocycles. The highest BCUT2D eigenvalue weighted by Gasteiger charge is 2.05. The van der Waals surface area contributed by atoms with Crippen LogP contribution in [-0.2, 0) is 11.2 Å². The highest BCUT2D eigenvalue weighted by Crippen LogP contribution is 2.21. The summed E-state index contributed by atoms with van der Waals surface area (Å²) in [5, 5.41) is 12.3. The number of phenols is 1. The molecule has 1 amide bonds. The summed E-state index contributed by atoms with van der Waals surface area (Å²) in [4.78, 5) is 11.9. The average Bonchev–Trinajstić information content (AvgIpc) is 2.37. The molecule has 2 aromatic rings. The molecule has 0 fully saturated rings. The van der Waals surface area contributed by atoms with Crippen LogP contribution in [0.1, 0.15) is 11.1 Å². The summed E-state index contributed by atoms with van der Waals surface area (Å²) in [5.41, 5.74) is 2.33. The minimum atomic E-state index is -0.106. The molecule has 0 atom stereocenters. The van der Waals surface area contributed by atoms with Crippen molar-refractivity contribution >= 4 is 27.5 Å². The van der Waals surface area contributed by atoms with Crippen LogP contribution in [0.3, 0.4) is 0 Å². The van der Waals surface area contributed by atoms with Crippen LogP contribution in [0.2, 0.25) is 0 Å². The fourth-order valence-electron chi connectivity index (χ4n) is 1.68. The molecule has 0 spiro atoms. The third kappa shape index (κ3) is 3.83. The predicted molar refractivity (Wildman–Crippen MR) is 79.3 cm³/mol. The van der Waals surface area contributed by atoms with E-state index < -0.39 is 0 Å². The summed E-state index contributed by atoms with van der Waals surface area (Å²) in [6.07, 6.45) is 0.307. The van der Waals surface area contributed by atoms with Gasteiger partial charge in [0.05, 0.1) is 6.42 Å². The van der Waals surface area contributed by atoms with E-state index in [1.807, 2.05) is 31.2 Å². The van der Waals surface area contributed by atoms with Crippen LogP contribution in [0.25, 0.3) is 0 Å². The second-order valence-electron chi connectivity index (χ2n) is 4.35. The first-order valence-electron chi connectivity index (χ1n) is 5.88. The number of nitrogens with one attached hydrogen (secondary N) is 1. The summed E-state index contributed by atoms with van der Waals surface area (Å²) in [6.45, 7) is 1.81. The van der Waals surface area contributed by atoms with Gasteiger partial charge in [0, 0.05) is 16.2 Å². The van der Waals surface area contributed by atoms with E-state index in [1.165, 1.54) is 0 Å². The molecule has 0 saturated carbocycles. The first-order valence-corrected chi connectivity index (χ1v) is 6.68. The van der Waals surface area contributed by atoms with Crippen LogP contribution in [0.15, 0.2) is 46.9 Å². The molecule has 0 radical (unpaired) electrons. The Bertz CT molecular complexity index is 594. The first kappa shape index (κ1) is 13.6. The Kier molecular flexibility index (Phi) is 4.22. The lowest BCUT2D eigenvalue weighted by molar-refractivity contribution is -0.115. The van der Waals surface area contributed by atoms with Crippen LogP contribution in [0.4, 0.5) is 5.69 Å². The zero-order chi connectivity index (χ0) is 13.8. The molecule has 2 N–H and O–H groups in total. The van der Waals surface area contributed by atoms with Gasteiger partial charge in [-0.1, -0.05) is 34.1 Å². The van der Waals surface area contributed by atoms with E-state index in [-0.39, 0.29) is 11.7 Å². The number of aryl methyl sites for hydroxylation is 1. The van der Waals surface area contributed by atoms with E-state index in [2.05, 4.69) is 21.2 Å². The molecule has 0 aromatic heterocycles. The summed E-state index contributed by atoms with van der Waals surface area (Å²) < 4.78 is 0.986. The van der Waals surface area contributed by atoms with E-state index in [4.69, 9.17) is 0 Å². The number of hydrogen-bond acceptors (Lipinski definition) is 2. The maximum atomic E-state index is 11.9. The van der Waals surface area contributed by atoms with Crippen molar-refractivity contribution in [2.24, 2.45) is 0 Å². The number of carbonyl (C=O) groups is 1. The number of carbonyl (C=O) groups excluding carboxylic acids is 1. The maximum absolute atomic E-state index is 11.9. The van der Waals surface area contributed by atoms with Crippen LogP contribution in [0.5, 0.6) is 5.75 Å². The normalized spacial score (nSPS) is 10.2. The molecular formula is C15H14BrNO2. The number of rotatable bonds is 3. The number of benzene rings is 2. The second kappa shape index (κ2) is 5.89. The number of amides is 1. The standard InChI is InChI=1S/C15H14BrNO2/c1-10-2-7-13(9-14(10)18)17-15(19)8-11-3-5-12(16)6-4-11/h2-7,9,18H,8H2,1H3,(H,17,19). The van der Waals surface area contributed by atoms with Gasteiger partial charge in [-0.15, -0.1) is 0 Å². The van der Waals surface area contributed by atoms with Crippen molar-refractivity contribution in [1.29, 1.82) is 0 Å². The summed E-state index contributed by atoms with van der Waals surface area (Å²) in [6, 6.07) is 12.7. The van der Waals surface area contributed by atoms with Gasteiger partial charge in [0.2, 0.25) is 5.91 Å². The summed E-state index contributed by atoms with van der Waals surface area (Å²) in [7, 11) is 0. The number of halogens is 1. The molecule has 3 nitrogen and oxygen atoms in total. The van der Waals surface area contributed by atoms with Crippen LogP contribution in [-0.4, -0.2) is 11.0 Å². The van der Waals surface area contributed by atoms with Crippen LogP contribution in [0, 0.1) is 6.92 Å². The lowest BCUT2D eigenvalue weighted by Gasteiger charge is -2.07. The van der Waals surface area contributed by atoms with E-state index >= 15 is 0 Å². The van der Waals surface area contributed by atoms with Crippen molar-refractivity contribution < 1.29 is 9.90 Å². The van der Waals surface area contributed by atoms with Gasteiger partial charge in [-0.25, -0.2) is 0 Å². The number of aromatic hydroxyl groups is 1. The maximum Gasteiger partial charge on any atom is 0.228 e. The molecule has 0 aliphatic heterocycles. The molecule has 0 aliphatic rings. The highest BCUT2D eigenvalue weighted by atomic mass is 79.9. The average molecular weight is 320 g/mol. The van der Waals surface area contributed by atoms with Crippen molar-refractivity contribution in [2.45, 2.75) is 13.3 Å². The van der Waals surface area contributed by atoms with Crippen LogP contribution >= 0.6 is 15.9 Å². The lowest BCUT2D eigenvalue weighted by atomic mass is 10.1. The molecule has 2 aromatic carbocycles. The van der Waals surface area contributed by atoms with Gasteiger partial charge >= 0.3 is 0 Å². The Morgan fingerprint density at radius 2 is 1.89 bits per heavy atom. The van der Waals surface area contributed by atoms with Crippen molar-refractivity contribution in [3.05, 3.63) is 58.1 Å². The number of anilines is 1. The molecular weight excluding hydrogens is 306 g/mol. The molecule has 2 rings (SSSR count). The lowest BCUT2D eigenvalue weighted by Crippen LogP contribution is -2.14. The van der Waals surface area contributed by atoms with E-state index in [1.54, 1.807) is 18.2 Å². The third-order valence-electron chi connectivity index (χ3n) is 2.77. The number of phenolic OH excluding ortho intramolecular Hbond substituents is 1. The minimum Gasteiger partial charge on any atom is -0.508 e. The molecule has 98 valence electrons. The van der Waals surface area contributed by atoms with Gasteiger partial charge in [-0.05, 0) is 36.2 Å². The van der Waals surface area contributed by atoms with Crippen LogP contribution < -0.4 is 5.32 Å². The Morgan fingerprint density at radius 1 is 1.21 bits per heavy atom. The molecule has 0 heterocycles. The molecule has 0 aliphatic carbocycles. The fourth-order valence-corrected chi connectivity index (χ4v) is 1.94. The summed E-state index contributed by atoms with van der Waals surface area (Å²) >= 11 is 3.35. The van der Waals surface area contributed by atoms with Gasteiger partial charge in [0.1, 0.15) is 5.75 Å². The Balaban J connectivity index is 2.01.